The maximum absolute atomic E-state index is 13.3. The summed E-state index contributed by atoms with van der Waals surface area (Å²) in [6.07, 6.45) is 0. The molecule has 0 aliphatic heterocycles. The second-order valence-electron chi connectivity index (χ2n) is 7.23. The molecule has 0 aliphatic carbocycles. The summed E-state index contributed by atoms with van der Waals surface area (Å²) in [4.78, 5) is 12.8. The van der Waals surface area contributed by atoms with Gasteiger partial charge < -0.3 is 5.32 Å². The van der Waals surface area contributed by atoms with Crippen molar-refractivity contribution in [1.82, 2.24) is 15.1 Å². The Kier molecular flexibility index (Phi) is 5.40. The van der Waals surface area contributed by atoms with E-state index in [1.807, 2.05) is 39.8 Å². The van der Waals surface area contributed by atoms with Crippen LogP contribution < -0.4 is 5.32 Å². The molecular weight excluding hydrogens is 341 g/mol. The van der Waals surface area contributed by atoms with Crippen LogP contribution in [0.4, 0.5) is 4.39 Å². The molecule has 1 aromatic heterocycles. The van der Waals surface area contributed by atoms with Crippen LogP contribution in [0.3, 0.4) is 0 Å². The quantitative estimate of drug-likeness (QED) is 0.713. The van der Waals surface area contributed by atoms with Crippen LogP contribution in [-0.2, 0) is 0 Å². The van der Waals surface area contributed by atoms with E-state index < -0.39 is 0 Å². The molecule has 3 aromatic rings. The monoisotopic (exact) mass is 365 g/mol. The van der Waals surface area contributed by atoms with Crippen molar-refractivity contribution >= 4 is 5.91 Å². The molecule has 5 heteroatoms. The van der Waals surface area contributed by atoms with Crippen molar-refractivity contribution < 1.29 is 9.18 Å². The molecule has 0 spiro atoms. The first-order valence-corrected chi connectivity index (χ1v) is 9.07. The number of nitrogens with zero attached hydrogens (tertiary/aromatic N) is 2. The molecule has 0 atom stereocenters. The predicted octanol–water partition coefficient (Wildman–Crippen LogP) is 4.68. The first-order valence-electron chi connectivity index (χ1n) is 9.07. The van der Waals surface area contributed by atoms with E-state index in [1.165, 1.54) is 12.1 Å². The fourth-order valence-corrected chi connectivity index (χ4v) is 2.92. The van der Waals surface area contributed by atoms with Gasteiger partial charge in [0.2, 0.25) is 0 Å². The number of benzene rings is 2. The lowest BCUT2D eigenvalue weighted by atomic mass is 10.1. The molecule has 27 heavy (non-hydrogen) atoms. The summed E-state index contributed by atoms with van der Waals surface area (Å²) < 4.78 is 14.9. The number of halogens is 1. The molecule has 1 heterocycles. The van der Waals surface area contributed by atoms with Crippen LogP contribution >= 0.6 is 0 Å². The lowest BCUT2D eigenvalue weighted by molar-refractivity contribution is 0.0941. The van der Waals surface area contributed by atoms with Crippen molar-refractivity contribution in [2.45, 2.75) is 27.7 Å². The lowest BCUT2D eigenvalue weighted by Gasteiger charge is -2.12. The fraction of sp³-hybridized carbons (Fsp3) is 0.273. The molecule has 2 aromatic carbocycles. The van der Waals surface area contributed by atoms with Crippen LogP contribution in [0.25, 0.3) is 16.9 Å². The number of carbonyl (C=O) groups excluding carboxylic acids is 1. The van der Waals surface area contributed by atoms with Gasteiger partial charge in [-0.05, 0) is 61.7 Å². The smallest absolute Gasteiger partial charge is 0.270 e. The number of rotatable bonds is 5. The highest BCUT2D eigenvalue weighted by molar-refractivity contribution is 5.94. The van der Waals surface area contributed by atoms with E-state index in [1.54, 1.807) is 22.9 Å². The third-order valence-electron chi connectivity index (χ3n) is 4.33. The second kappa shape index (κ2) is 7.74. The van der Waals surface area contributed by atoms with Gasteiger partial charge in [0.05, 0.1) is 11.4 Å². The molecular formula is C22H24FN3O. The third kappa shape index (κ3) is 4.25. The van der Waals surface area contributed by atoms with E-state index in [-0.39, 0.29) is 11.7 Å². The van der Waals surface area contributed by atoms with Crippen LogP contribution in [0, 0.1) is 25.6 Å². The van der Waals surface area contributed by atoms with Crippen molar-refractivity contribution in [2.75, 3.05) is 6.54 Å². The predicted molar refractivity (Wildman–Crippen MR) is 106 cm³/mol. The number of aryl methyl sites for hydroxylation is 2. The zero-order valence-corrected chi connectivity index (χ0v) is 16.1. The topological polar surface area (TPSA) is 46.9 Å². The number of amides is 1. The minimum absolute atomic E-state index is 0.176. The molecule has 4 nitrogen and oxygen atoms in total. The minimum Gasteiger partial charge on any atom is -0.350 e. The van der Waals surface area contributed by atoms with Gasteiger partial charge in [0.1, 0.15) is 11.5 Å². The zero-order valence-electron chi connectivity index (χ0n) is 16.1. The highest BCUT2D eigenvalue weighted by Gasteiger charge is 2.19. The van der Waals surface area contributed by atoms with Crippen molar-refractivity contribution in [3.63, 3.8) is 0 Å². The summed E-state index contributed by atoms with van der Waals surface area (Å²) in [6, 6.07) is 13.9. The Bertz CT molecular complexity index is 958. The maximum atomic E-state index is 13.3. The highest BCUT2D eigenvalue weighted by atomic mass is 19.1. The van der Waals surface area contributed by atoms with E-state index in [4.69, 9.17) is 0 Å². The van der Waals surface area contributed by atoms with Crippen LogP contribution in [0.5, 0.6) is 0 Å². The molecule has 0 aliphatic rings. The Hall–Kier alpha value is -2.95. The van der Waals surface area contributed by atoms with E-state index in [0.717, 1.165) is 22.4 Å². The summed E-state index contributed by atoms with van der Waals surface area (Å²) in [5, 5.41) is 7.61. The lowest BCUT2D eigenvalue weighted by Crippen LogP contribution is -2.29. The number of carbonyl (C=O) groups is 1. The number of hydrogen-bond acceptors (Lipinski definition) is 2. The molecule has 0 unspecified atom stereocenters. The molecule has 0 bridgehead atoms. The second-order valence-corrected chi connectivity index (χ2v) is 7.23. The van der Waals surface area contributed by atoms with Crippen LogP contribution in [0.1, 0.15) is 35.5 Å². The van der Waals surface area contributed by atoms with Gasteiger partial charge >= 0.3 is 0 Å². The Labute approximate surface area is 159 Å². The van der Waals surface area contributed by atoms with Crippen LogP contribution in [0.2, 0.25) is 0 Å². The van der Waals surface area contributed by atoms with Gasteiger partial charge in [0, 0.05) is 12.1 Å². The summed E-state index contributed by atoms with van der Waals surface area (Å²) in [5.74, 6) is -0.130. The Balaban J connectivity index is 2.08. The molecule has 0 saturated carbocycles. The summed E-state index contributed by atoms with van der Waals surface area (Å²) in [7, 11) is 0. The average molecular weight is 365 g/mol. The normalized spacial score (nSPS) is 11.0. The van der Waals surface area contributed by atoms with Gasteiger partial charge in [-0.25, -0.2) is 9.07 Å². The van der Waals surface area contributed by atoms with Crippen molar-refractivity contribution in [2.24, 2.45) is 5.92 Å². The largest absolute Gasteiger partial charge is 0.350 e. The summed E-state index contributed by atoms with van der Waals surface area (Å²) in [5.41, 5.74) is 4.88. The number of aromatic nitrogens is 2. The highest BCUT2D eigenvalue weighted by Crippen LogP contribution is 2.24. The van der Waals surface area contributed by atoms with E-state index in [0.29, 0.717) is 23.9 Å². The first-order chi connectivity index (χ1) is 12.8. The number of nitrogens with one attached hydrogen (secondary N) is 1. The van der Waals surface area contributed by atoms with E-state index in [9.17, 15) is 9.18 Å². The van der Waals surface area contributed by atoms with Crippen molar-refractivity contribution in [3.05, 3.63) is 71.2 Å². The first kappa shape index (κ1) is 18.8. The molecule has 140 valence electrons. The molecule has 3 rings (SSSR count). The fourth-order valence-electron chi connectivity index (χ4n) is 2.92. The minimum atomic E-state index is -0.303. The van der Waals surface area contributed by atoms with E-state index in [2.05, 4.69) is 16.5 Å². The summed E-state index contributed by atoms with van der Waals surface area (Å²) >= 11 is 0. The van der Waals surface area contributed by atoms with Gasteiger partial charge in [0.25, 0.3) is 5.91 Å². The van der Waals surface area contributed by atoms with Crippen LogP contribution in [0.15, 0.2) is 48.5 Å². The van der Waals surface area contributed by atoms with Gasteiger partial charge in [-0.2, -0.15) is 5.10 Å². The standard InChI is InChI=1S/C22H24FN3O/c1-14(2)13-24-22(27)21-12-19(17-6-8-18(23)9-7-17)25-26(21)20-10-5-15(3)11-16(20)4/h5-12,14H,13H2,1-4H3,(H,24,27). The van der Waals surface area contributed by atoms with Gasteiger partial charge in [-0.3, -0.25) is 4.79 Å². The SMILES string of the molecule is Cc1ccc(-n2nc(-c3ccc(F)cc3)cc2C(=O)NCC(C)C)c(C)c1. The van der Waals surface area contributed by atoms with Crippen LogP contribution in [-0.4, -0.2) is 22.2 Å². The Morgan fingerprint density at radius 2 is 1.81 bits per heavy atom. The summed E-state index contributed by atoms with van der Waals surface area (Å²) in [6.45, 7) is 8.71. The molecule has 1 amide bonds. The zero-order chi connectivity index (χ0) is 19.6. The number of hydrogen-bond donors (Lipinski definition) is 1. The Morgan fingerprint density at radius 1 is 1.11 bits per heavy atom. The molecule has 0 fully saturated rings. The van der Waals surface area contributed by atoms with Gasteiger partial charge in [-0.15, -0.1) is 0 Å². The molecule has 0 saturated heterocycles. The van der Waals surface area contributed by atoms with Crippen molar-refractivity contribution in [3.8, 4) is 16.9 Å². The van der Waals surface area contributed by atoms with Crippen molar-refractivity contribution in [1.29, 1.82) is 0 Å². The van der Waals surface area contributed by atoms with Gasteiger partial charge in [-0.1, -0.05) is 31.5 Å². The Morgan fingerprint density at radius 3 is 2.44 bits per heavy atom. The molecule has 1 N–H and O–H groups in total. The average Bonchev–Trinajstić information content (AvgIpc) is 3.05. The molecule has 0 radical (unpaired) electrons. The van der Waals surface area contributed by atoms with Gasteiger partial charge in [0.15, 0.2) is 0 Å². The third-order valence-corrected chi connectivity index (χ3v) is 4.33. The van der Waals surface area contributed by atoms with E-state index >= 15 is 0 Å². The maximum Gasteiger partial charge on any atom is 0.270 e.